The van der Waals surface area contributed by atoms with E-state index in [0.29, 0.717) is 25.9 Å². The first kappa shape index (κ1) is 10.9. The number of hydrogen-bond acceptors (Lipinski definition) is 3. The van der Waals surface area contributed by atoms with E-state index in [1.165, 1.54) is 0 Å². The SMILES string of the molecule is COC1(CC(=O)N2CCC(O)C2)CCC1. The summed E-state index contributed by atoms with van der Waals surface area (Å²) in [6.45, 7) is 1.19. The fourth-order valence-corrected chi connectivity index (χ4v) is 2.38. The zero-order chi connectivity index (χ0) is 10.9. The predicted octanol–water partition coefficient (Wildman–Crippen LogP) is 0.539. The first-order valence-corrected chi connectivity index (χ1v) is 5.66. The van der Waals surface area contributed by atoms with E-state index >= 15 is 0 Å². The molecule has 1 heterocycles. The Morgan fingerprint density at radius 1 is 1.60 bits per heavy atom. The van der Waals surface area contributed by atoms with Crippen LogP contribution in [-0.2, 0) is 9.53 Å². The van der Waals surface area contributed by atoms with Crippen LogP contribution in [0.15, 0.2) is 0 Å². The van der Waals surface area contributed by atoms with Crippen molar-refractivity contribution >= 4 is 5.91 Å². The molecule has 1 saturated heterocycles. The molecule has 1 atom stereocenters. The van der Waals surface area contributed by atoms with E-state index in [-0.39, 0.29) is 17.6 Å². The fraction of sp³-hybridized carbons (Fsp3) is 0.909. The van der Waals surface area contributed by atoms with Gasteiger partial charge in [-0.3, -0.25) is 4.79 Å². The molecular formula is C11H19NO3. The van der Waals surface area contributed by atoms with Gasteiger partial charge in [0.25, 0.3) is 0 Å². The fourth-order valence-electron chi connectivity index (χ4n) is 2.38. The third kappa shape index (κ3) is 2.16. The van der Waals surface area contributed by atoms with E-state index in [1.54, 1.807) is 12.0 Å². The van der Waals surface area contributed by atoms with E-state index < -0.39 is 0 Å². The lowest BCUT2D eigenvalue weighted by Gasteiger charge is -2.40. The Hall–Kier alpha value is -0.610. The average Bonchev–Trinajstić information content (AvgIpc) is 2.58. The molecule has 0 spiro atoms. The Morgan fingerprint density at radius 3 is 2.73 bits per heavy atom. The second kappa shape index (κ2) is 4.10. The quantitative estimate of drug-likeness (QED) is 0.744. The molecule has 2 rings (SSSR count). The van der Waals surface area contributed by atoms with Crippen molar-refractivity contribution in [2.24, 2.45) is 0 Å². The zero-order valence-corrected chi connectivity index (χ0v) is 9.24. The molecule has 1 saturated carbocycles. The molecule has 0 aromatic heterocycles. The van der Waals surface area contributed by atoms with Gasteiger partial charge >= 0.3 is 0 Å². The van der Waals surface area contributed by atoms with Crippen LogP contribution in [0.1, 0.15) is 32.1 Å². The summed E-state index contributed by atoms with van der Waals surface area (Å²) in [4.78, 5) is 13.6. The number of ether oxygens (including phenoxy) is 1. The molecule has 0 aromatic rings. The number of carbonyl (C=O) groups excluding carboxylic acids is 1. The van der Waals surface area contributed by atoms with Crippen LogP contribution in [0.3, 0.4) is 0 Å². The number of likely N-dealkylation sites (tertiary alicyclic amines) is 1. The maximum Gasteiger partial charge on any atom is 0.225 e. The highest BCUT2D eigenvalue weighted by atomic mass is 16.5. The highest BCUT2D eigenvalue weighted by molar-refractivity contribution is 5.77. The van der Waals surface area contributed by atoms with Crippen molar-refractivity contribution in [3.05, 3.63) is 0 Å². The minimum atomic E-state index is -0.325. The van der Waals surface area contributed by atoms with Gasteiger partial charge in [0.2, 0.25) is 5.91 Å². The maximum atomic E-state index is 11.9. The van der Waals surface area contributed by atoms with Gasteiger partial charge in [-0.1, -0.05) is 0 Å². The molecule has 1 aliphatic heterocycles. The molecule has 0 radical (unpaired) electrons. The Kier molecular flexibility index (Phi) is 2.98. The van der Waals surface area contributed by atoms with Crippen LogP contribution in [0.4, 0.5) is 0 Å². The highest BCUT2D eigenvalue weighted by Crippen LogP contribution is 2.38. The van der Waals surface area contributed by atoms with Crippen LogP contribution in [0, 0.1) is 0 Å². The van der Waals surface area contributed by atoms with Gasteiger partial charge in [-0.2, -0.15) is 0 Å². The van der Waals surface area contributed by atoms with Crippen molar-refractivity contribution in [1.82, 2.24) is 4.90 Å². The lowest BCUT2D eigenvalue weighted by atomic mass is 9.77. The van der Waals surface area contributed by atoms with Crippen LogP contribution >= 0.6 is 0 Å². The molecule has 1 N–H and O–H groups in total. The van der Waals surface area contributed by atoms with Crippen LogP contribution < -0.4 is 0 Å². The van der Waals surface area contributed by atoms with Gasteiger partial charge in [-0.15, -0.1) is 0 Å². The van der Waals surface area contributed by atoms with E-state index in [9.17, 15) is 9.90 Å². The number of hydrogen-bond donors (Lipinski definition) is 1. The summed E-state index contributed by atoms with van der Waals surface area (Å²) in [5.74, 6) is 0.133. The first-order valence-electron chi connectivity index (χ1n) is 5.66. The largest absolute Gasteiger partial charge is 0.391 e. The number of aliphatic hydroxyl groups is 1. The Bertz CT molecular complexity index is 245. The molecule has 4 heteroatoms. The molecule has 15 heavy (non-hydrogen) atoms. The second-order valence-electron chi connectivity index (χ2n) is 4.70. The van der Waals surface area contributed by atoms with Crippen LogP contribution in [-0.4, -0.2) is 47.8 Å². The van der Waals surface area contributed by atoms with E-state index in [2.05, 4.69) is 0 Å². The van der Waals surface area contributed by atoms with Crippen molar-refractivity contribution in [3.8, 4) is 0 Å². The van der Waals surface area contributed by atoms with Gasteiger partial charge in [0.15, 0.2) is 0 Å². The molecule has 0 aromatic carbocycles. The van der Waals surface area contributed by atoms with Gasteiger partial charge < -0.3 is 14.7 Å². The van der Waals surface area contributed by atoms with Gasteiger partial charge in [0.1, 0.15) is 0 Å². The molecule has 1 unspecified atom stereocenters. The topological polar surface area (TPSA) is 49.8 Å². The van der Waals surface area contributed by atoms with Gasteiger partial charge in [-0.25, -0.2) is 0 Å². The normalized spacial score (nSPS) is 28.9. The van der Waals surface area contributed by atoms with Gasteiger partial charge in [-0.05, 0) is 25.7 Å². The molecule has 86 valence electrons. The number of aliphatic hydroxyl groups excluding tert-OH is 1. The summed E-state index contributed by atoms with van der Waals surface area (Å²) in [7, 11) is 1.69. The average molecular weight is 213 g/mol. The van der Waals surface area contributed by atoms with Crippen LogP contribution in [0.5, 0.6) is 0 Å². The van der Waals surface area contributed by atoms with E-state index in [4.69, 9.17) is 4.74 Å². The number of amides is 1. The molecule has 1 amide bonds. The second-order valence-corrected chi connectivity index (χ2v) is 4.70. The molecular weight excluding hydrogens is 194 g/mol. The van der Waals surface area contributed by atoms with Crippen molar-refractivity contribution in [3.63, 3.8) is 0 Å². The standard InChI is InChI=1S/C11H19NO3/c1-15-11(4-2-5-11)7-10(14)12-6-3-9(13)8-12/h9,13H,2-8H2,1H3. The van der Waals surface area contributed by atoms with Crippen molar-refractivity contribution in [2.75, 3.05) is 20.2 Å². The number of β-amino-alcohol motifs (C(OH)–C–C–N with tert-alkyl or cyclic N) is 1. The number of carbonyl (C=O) groups is 1. The zero-order valence-electron chi connectivity index (χ0n) is 9.24. The lowest BCUT2D eigenvalue weighted by Crippen LogP contribution is -2.44. The van der Waals surface area contributed by atoms with E-state index in [1.807, 2.05) is 0 Å². The number of rotatable bonds is 3. The third-order valence-electron chi connectivity index (χ3n) is 3.69. The number of nitrogens with zero attached hydrogens (tertiary/aromatic N) is 1. The van der Waals surface area contributed by atoms with Crippen molar-refractivity contribution in [1.29, 1.82) is 0 Å². The van der Waals surface area contributed by atoms with E-state index in [0.717, 1.165) is 19.3 Å². The summed E-state index contributed by atoms with van der Waals surface area (Å²) in [6, 6.07) is 0. The van der Waals surface area contributed by atoms with Crippen LogP contribution in [0.25, 0.3) is 0 Å². The highest BCUT2D eigenvalue weighted by Gasteiger charge is 2.40. The number of methoxy groups -OCH3 is 1. The van der Waals surface area contributed by atoms with Crippen LogP contribution in [0.2, 0.25) is 0 Å². The van der Waals surface area contributed by atoms with Crippen molar-refractivity contribution < 1.29 is 14.6 Å². The minimum absolute atomic E-state index is 0.133. The summed E-state index contributed by atoms with van der Waals surface area (Å²) >= 11 is 0. The molecule has 4 nitrogen and oxygen atoms in total. The third-order valence-corrected chi connectivity index (χ3v) is 3.69. The molecule has 2 fully saturated rings. The minimum Gasteiger partial charge on any atom is -0.391 e. The summed E-state index contributed by atoms with van der Waals surface area (Å²) in [6.07, 6.45) is 4.01. The van der Waals surface area contributed by atoms with Gasteiger partial charge in [0.05, 0.1) is 18.1 Å². The van der Waals surface area contributed by atoms with Crippen molar-refractivity contribution in [2.45, 2.75) is 43.8 Å². The Morgan fingerprint density at radius 2 is 2.33 bits per heavy atom. The summed E-state index contributed by atoms with van der Waals surface area (Å²) in [5, 5.41) is 9.35. The molecule has 0 bridgehead atoms. The lowest BCUT2D eigenvalue weighted by molar-refractivity contribution is -0.143. The molecule has 1 aliphatic carbocycles. The smallest absolute Gasteiger partial charge is 0.225 e. The predicted molar refractivity (Wildman–Crippen MR) is 55.4 cm³/mol. The summed E-state index contributed by atoms with van der Waals surface area (Å²) in [5.41, 5.74) is -0.190. The maximum absolute atomic E-state index is 11.9. The summed E-state index contributed by atoms with van der Waals surface area (Å²) < 4.78 is 5.42. The Balaban J connectivity index is 1.86. The first-order chi connectivity index (χ1) is 7.15. The Labute approximate surface area is 90.2 Å². The van der Waals surface area contributed by atoms with Gasteiger partial charge in [0, 0.05) is 20.2 Å². The molecule has 2 aliphatic rings. The monoisotopic (exact) mass is 213 g/mol.